The standard InChI is InChI=1S/C15H16Cl2N2O/c1-2-20-14-6-4-3-5-12(14)15(19-18)11-8-7-10(16)9-13(11)17/h3-9,15,19H,2,18H2,1H3. The first-order chi connectivity index (χ1) is 9.67. The molecule has 0 aliphatic rings. The Morgan fingerprint density at radius 1 is 1.15 bits per heavy atom. The average Bonchev–Trinajstić information content (AvgIpc) is 2.44. The summed E-state index contributed by atoms with van der Waals surface area (Å²) in [6, 6.07) is 12.8. The Hall–Kier alpha value is -1.26. The molecular weight excluding hydrogens is 295 g/mol. The average molecular weight is 311 g/mol. The van der Waals surface area contributed by atoms with E-state index >= 15 is 0 Å². The molecule has 5 heteroatoms. The van der Waals surface area contributed by atoms with Gasteiger partial charge in [-0.25, -0.2) is 5.43 Å². The van der Waals surface area contributed by atoms with Gasteiger partial charge in [0.15, 0.2) is 0 Å². The van der Waals surface area contributed by atoms with E-state index in [4.69, 9.17) is 33.8 Å². The van der Waals surface area contributed by atoms with Gasteiger partial charge in [0.25, 0.3) is 0 Å². The van der Waals surface area contributed by atoms with E-state index in [-0.39, 0.29) is 6.04 Å². The number of halogens is 2. The van der Waals surface area contributed by atoms with Crippen LogP contribution in [0.2, 0.25) is 10.0 Å². The molecule has 0 bridgehead atoms. The maximum Gasteiger partial charge on any atom is 0.124 e. The second-order valence-electron chi connectivity index (χ2n) is 4.24. The first-order valence-electron chi connectivity index (χ1n) is 6.30. The summed E-state index contributed by atoms with van der Waals surface area (Å²) >= 11 is 12.2. The summed E-state index contributed by atoms with van der Waals surface area (Å²) in [5.74, 6) is 6.49. The van der Waals surface area contributed by atoms with Crippen LogP contribution in [0.3, 0.4) is 0 Å². The number of para-hydroxylation sites is 1. The molecule has 2 aromatic rings. The normalized spacial score (nSPS) is 12.2. The van der Waals surface area contributed by atoms with Gasteiger partial charge in [0.2, 0.25) is 0 Å². The Labute approximate surface area is 128 Å². The Morgan fingerprint density at radius 3 is 2.55 bits per heavy atom. The number of hydrazine groups is 1. The molecule has 106 valence electrons. The molecule has 3 N–H and O–H groups in total. The van der Waals surface area contributed by atoms with E-state index in [0.29, 0.717) is 16.7 Å². The quantitative estimate of drug-likeness (QED) is 0.649. The Bertz CT molecular complexity index is 590. The van der Waals surface area contributed by atoms with E-state index < -0.39 is 0 Å². The van der Waals surface area contributed by atoms with Crippen molar-refractivity contribution in [2.75, 3.05) is 6.61 Å². The highest BCUT2D eigenvalue weighted by Gasteiger charge is 2.19. The van der Waals surface area contributed by atoms with Crippen LogP contribution in [0.15, 0.2) is 42.5 Å². The third kappa shape index (κ3) is 3.25. The summed E-state index contributed by atoms with van der Waals surface area (Å²) < 4.78 is 5.64. The van der Waals surface area contributed by atoms with Crippen LogP contribution in [-0.2, 0) is 0 Å². The molecule has 2 rings (SSSR count). The van der Waals surface area contributed by atoms with Crippen molar-refractivity contribution in [1.29, 1.82) is 0 Å². The maximum absolute atomic E-state index is 6.26. The van der Waals surface area contributed by atoms with Gasteiger partial charge in [-0.3, -0.25) is 5.84 Å². The first-order valence-corrected chi connectivity index (χ1v) is 7.05. The minimum absolute atomic E-state index is 0.262. The Morgan fingerprint density at radius 2 is 1.90 bits per heavy atom. The summed E-state index contributed by atoms with van der Waals surface area (Å²) in [5.41, 5.74) is 4.57. The predicted molar refractivity (Wildman–Crippen MR) is 83.2 cm³/mol. The van der Waals surface area contributed by atoms with Crippen LogP contribution in [0.4, 0.5) is 0 Å². The molecule has 0 radical (unpaired) electrons. The second-order valence-corrected chi connectivity index (χ2v) is 5.08. The van der Waals surface area contributed by atoms with Crippen LogP contribution in [0.25, 0.3) is 0 Å². The van der Waals surface area contributed by atoms with Gasteiger partial charge in [-0.1, -0.05) is 47.5 Å². The van der Waals surface area contributed by atoms with Gasteiger partial charge < -0.3 is 4.74 Å². The monoisotopic (exact) mass is 310 g/mol. The first kappa shape index (κ1) is 15.1. The smallest absolute Gasteiger partial charge is 0.124 e. The molecule has 0 aromatic heterocycles. The molecule has 0 aliphatic heterocycles. The van der Waals surface area contributed by atoms with Gasteiger partial charge in [0.05, 0.1) is 12.6 Å². The largest absolute Gasteiger partial charge is 0.494 e. The van der Waals surface area contributed by atoms with Crippen LogP contribution < -0.4 is 16.0 Å². The predicted octanol–water partition coefficient (Wildman–Crippen LogP) is 3.94. The Balaban J connectivity index is 2.47. The molecule has 0 aliphatic carbocycles. The fourth-order valence-corrected chi connectivity index (χ4v) is 2.61. The summed E-state index contributed by atoms with van der Waals surface area (Å²) in [6.07, 6.45) is 0. The van der Waals surface area contributed by atoms with Crippen molar-refractivity contribution < 1.29 is 4.74 Å². The van der Waals surface area contributed by atoms with Gasteiger partial charge in [-0.15, -0.1) is 0 Å². The van der Waals surface area contributed by atoms with Gasteiger partial charge in [-0.05, 0) is 30.7 Å². The number of rotatable bonds is 5. The minimum atomic E-state index is -0.262. The zero-order chi connectivity index (χ0) is 14.5. The lowest BCUT2D eigenvalue weighted by molar-refractivity contribution is 0.333. The molecular formula is C15H16Cl2N2O. The van der Waals surface area contributed by atoms with E-state index in [2.05, 4.69) is 5.43 Å². The summed E-state index contributed by atoms with van der Waals surface area (Å²) in [7, 11) is 0. The third-order valence-electron chi connectivity index (χ3n) is 2.97. The maximum atomic E-state index is 6.26. The number of ether oxygens (including phenoxy) is 1. The molecule has 0 heterocycles. The van der Waals surface area contributed by atoms with Crippen LogP contribution in [0.1, 0.15) is 24.1 Å². The van der Waals surface area contributed by atoms with Crippen molar-refractivity contribution in [2.24, 2.45) is 5.84 Å². The molecule has 0 spiro atoms. The number of nitrogens with one attached hydrogen (secondary N) is 1. The topological polar surface area (TPSA) is 47.3 Å². The summed E-state index contributed by atoms with van der Waals surface area (Å²) in [6.45, 7) is 2.53. The third-order valence-corrected chi connectivity index (χ3v) is 3.53. The van der Waals surface area contributed by atoms with Crippen molar-refractivity contribution in [3.05, 3.63) is 63.6 Å². The summed E-state index contributed by atoms with van der Waals surface area (Å²) in [4.78, 5) is 0. The second kappa shape index (κ2) is 6.95. The van der Waals surface area contributed by atoms with Crippen LogP contribution in [0.5, 0.6) is 5.75 Å². The van der Waals surface area contributed by atoms with Crippen LogP contribution in [0, 0.1) is 0 Å². The molecule has 0 amide bonds. The number of hydrogen-bond donors (Lipinski definition) is 2. The molecule has 0 saturated heterocycles. The van der Waals surface area contributed by atoms with E-state index in [9.17, 15) is 0 Å². The van der Waals surface area contributed by atoms with Gasteiger partial charge in [-0.2, -0.15) is 0 Å². The highest BCUT2D eigenvalue weighted by atomic mass is 35.5. The molecule has 1 atom stereocenters. The lowest BCUT2D eigenvalue weighted by Crippen LogP contribution is -2.29. The highest BCUT2D eigenvalue weighted by Crippen LogP contribution is 2.34. The molecule has 2 aromatic carbocycles. The van der Waals surface area contributed by atoms with Gasteiger partial charge in [0.1, 0.15) is 5.75 Å². The molecule has 3 nitrogen and oxygen atoms in total. The molecule has 0 saturated carbocycles. The van der Waals surface area contributed by atoms with Crippen molar-refractivity contribution in [3.8, 4) is 5.75 Å². The lowest BCUT2D eigenvalue weighted by atomic mass is 9.98. The van der Waals surface area contributed by atoms with Crippen molar-refractivity contribution in [3.63, 3.8) is 0 Å². The molecule has 20 heavy (non-hydrogen) atoms. The highest BCUT2D eigenvalue weighted by molar-refractivity contribution is 6.35. The van der Waals surface area contributed by atoms with E-state index in [0.717, 1.165) is 16.9 Å². The zero-order valence-corrected chi connectivity index (χ0v) is 12.6. The summed E-state index contributed by atoms with van der Waals surface area (Å²) in [5, 5.41) is 1.15. The van der Waals surface area contributed by atoms with E-state index in [1.165, 1.54) is 0 Å². The lowest BCUT2D eigenvalue weighted by Gasteiger charge is -2.21. The number of hydrogen-bond acceptors (Lipinski definition) is 3. The fraction of sp³-hybridized carbons (Fsp3) is 0.200. The van der Waals surface area contributed by atoms with Crippen LogP contribution in [-0.4, -0.2) is 6.61 Å². The van der Waals surface area contributed by atoms with Crippen molar-refractivity contribution in [2.45, 2.75) is 13.0 Å². The number of nitrogens with two attached hydrogens (primary N) is 1. The minimum Gasteiger partial charge on any atom is -0.494 e. The zero-order valence-electron chi connectivity index (χ0n) is 11.1. The Kier molecular flexibility index (Phi) is 5.26. The van der Waals surface area contributed by atoms with E-state index in [1.807, 2.05) is 37.3 Å². The van der Waals surface area contributed by atoms with Crippen molar-refractivity contribution >= 4 is 23.2 Å². The fourth-order valence-electron chi connectivity index (χ4n) is 2.09. The molecule has 1 unspecified atom stereocenters. The SMILES string of the molecule is CCOc1ccccc1C(NN)c1ccc(Cl)cc1Cl. The molecule has 0 fully saturated rings. The number of benzene rings is 2. The van der Waals surface area contributed by atoms with E-state index in [1.54, 1.807) is 12.1 Å². The van der Waals surface area contributed by atoms with Gasteiger partial charge in [0, 0.05) is 15.6 Å². The van der Waals surface area contributed by atoms with Gasteiger partial charge >= 0.3 is 0 Å². The van der Waals surface area contributed by atoms with Crippen LogP contribution >= 0.6 is 23.2 Å². The van der Waals surface area contributed by atoms with Crippen molar-refractivity contribution in [1.82, 2.24) is 5.43 Å².